The van der Waals surface area contributed by atoms with Crippen molar-refractivity contribution in [2.45, 2.75) is 44.3 Å². The van der Waals surface area contributed by atoms with Crippen molar-refractivity contribution in [3.63, 3.8) is 0 Å². The van der Waals surface area contributed by atoms with Crippen LogP contribution in [0.5, 0.6) is 0 Å². The highest BCUT2D eigenvalue weighted by Crippen LogP contribution is 2.36. The molecular weight excluding hydrogens is 583 g/mol. The molecule has 0 aliphatic rings. The van der Waals surface area contributed by atoms with Gasteiger partial charge < -0.3 is 9.84 Å². The number of rotatable bonds is 6. The molecule has 216 valence electrons. The molecule has 1 aromatic carbocycles. The van der Waals surface area contributed by atoms with Crippen molar-refractivity contribution in [3.05, 3.63) is 101 Å². The Morgan fingerprint density at radius 3 is 2.45 bits per heavy atom. The summed E-state index contributed by atoms with van der Waals surface area (Å²) < 4.78 is 35.9. The first-order valence-corrected chi connectivity index (χ1v) is 14.2. The maximum absolute atomic E-state index is 15.7. The second-order valence-corrected chi connectivity index (χ2v) is 12.0. The number of aliphatic hydroxyl groups is 1. The van der Waals surface area contributed by atoms with Gasteiger partial charge in [0.25, 0.3) is 0 Å². The molecule has 10 nitrogen and oxygen atoms in total. The number of anilines is 2. The lowest BCUT2D eigenvalue weighted by molar-refractivity contribution is 0.0598. The molecule has 0 saturated heterocycles. The van der Waals surface area contributed by atoms with E-state index in [9.17, 15) is 14.1 Å². The molecule has 0 aliphatic heterocycles. The largest absolute Gasteiger partial charge is 0.443 e. The molecule has 2 atom stereocenters. The molecule has 1 N–H and O–H groups in total. The molecule has 5 aromatic rings. The smallest absolute Gasteiger partial charge is 0.420 e. The zero-order chi connectivity index (χ0) is 30.2. The second kappa shape index (κ2) is 11.6. The van der Waals surface area contributed by atoms with Crippen LogP contribution < -0.4 is 4.90 Å². The van der Waals surface area contributed by atoms with E-state index in [2.05, 4.69) is 19.9 Å². The van der Waals surface area contributed by atoms with Gasteiger partial charge in [-0.15, -0.1) is 0 Å². The van der Waals surface area contributed by atoms with E-state index in [1.54, 1.807) is 70.2 Å². The molecule has 0 bridgehead atoms. The lowest BCUT2D eigenvalue weighted by Gasteiger charge is -2.27. The predicted octanol–water partition coefficient (Wildman–Crippen LogP) is 6.05. The number of hydrogen-bond donors (Lipinski definition) is 1. The third kappa shape index (κ3) is 5.87. The van der Waals surface area contributed by atoms with Crippen LogP contribution in [0, 0.1) is 12.9 Å². The van der Waals surface area contributed by atoms with Gasteiger partial charge in [-0.2, -0.15) is 4.39 Å². The summed E-state index contributed by atoms with van der Waals surface area (Å²) in [6, 6.07) is 14.7. The number of aromatic nitrogens is 5. The van der Waals surface area contributed by atoms with Crippen LogP contribution in [0.3, 0.4) is 0 Å². The van der Waals surface area contributed by atoms with Crippen LogP contribution >= 0.6 is 11.6 Å². The molecule has 0 spiro atoms. The van der Waals surface area contributed by atoms with Crippen molar-refractivity contribution >= 4 is 51.2 Å². The van der Waals surface area contributed by atoms with Gasteiger partial charge in [0.05, 0.1) is 22.2 Å². The van der Waals surface area contributed by atoms with Gasteiger partial charge in [-0.25, -0.2) is 32.8 Å². The molecule has 0 saturated carbocycles. The second-order valence-electron chi connectivity index (χ2n) is 10.3. The third-order valence-electron chi connectivity index (χ3n) is 6.07. The number of ether oxygens (including phenoxy) is 1. The fourth-order valence-electron chi connectivity index (χ4n) is 4.17. The van der Waals surface area contributed by atoms with E-state index in [0.717, 1.165) is 10.6 Å². The molecule has 42 heavy (non-hydrogen) atoms. The molecule has 0 fully saturated rings. The van der Waals surface area contributed by atoms with E-state index in [4.69, 9.17) is 16.3 Å². The first-order chi connectivity index (χ1) is 19.9. The fourth-order valence-corrected chi connectivity index (χ4v) is 5.53. The van der Waals surface area contributed by atoms with E-state index >= 15 is 4.39 Å². The average molecular weight is 609 g/mol. The van der Waals surface area contributed by atoms with Crippen molar-refractivity contribution in [1.29, 1.82) is 0 Å². The summed E-state index contributed by atoms with van der Waals surface area (Å²) in [5.74, 6) is -1.14. The van der Waals surface area contributed by atoms with Crippen LogP contribution in [0.1, 0.15) is 43.7 Å². The molecule has 1 amide bonds. The Morgan fingerprint density at radius 1 is 1.07 bits per heavy atom. The van der Waals surface area contributed by atoms with E-state index in [1.165, 1.54) is 34.8 Å². The Bertz CT molecular complexity index is 1790. The number of carbonyl (C=O) groups excluding carboxylic acids is 1. The van der Waals surface area contributed by atoms with E-state index in [0.29, 0.717) is 10.6 Å². The van der Waals surface area contributed by atoms with Crippen molar-refractivity contribution in [2.24, 2.45) is 0 Å². The Labute approximate surface area is 248 Å². The maximum Gasteiger partial charge on any atom is 0.420 e. The summed E-state index contributed by atoms with van der Waals surface area (Å²) in [5.41, 5.74) is 0.298. The van der Waals surface area contributed by atoms with E-state index < -0.39 is 34.7 Å². The Balaban J connectivity index is 1.57. The summed E-state index contributed by atoms with van der Waals surface area (Å²) in [5, 5.41) is 11.6. The zero-order valence-electron chi connectivity index (χ0n) is 23.0. The van der Waals surface area contributed by atoms with Crippen LogP contribution in [-0.4, -0.2) is 44.9 Å². The fraction of sp³-hybridized carbons (Fsp3) is 0.207. The Hall–Kier alpha value is -4.26. The van der Waals surface area contributed by atoms with Crippen LogP contribution in [0.15, 0.2) is 78.2 Å². The minimum Gasteiger partial charge on any atom is -0.443 e. The molecule has 2 unspecified atom stereocenters. The maximum atomic E-state index is 15.7. The number of halogens is 2. The van der Waals surface area contributed by atoms with Crippen molar-refractivity contribution in [2.75, 3.05) is 4.90 Å². The van der Waals surface area contributed by atoms with Crippen LogP contribution in [0.2, 0.25) is 5.15 Å². The van der Waals surface area contributed by atoms with Gasteiger partial charge in [0.15, 0.2) is 16.6 Å². The van der Waals surface area contributed by atoms with Gasteiger partial charge in [0, 0.05) is 23.0 Å². The normalized spacial score (nSPS) is 13.1. The molecule has 4 heterocycles. The minimum atomic E-state index is -1.75. The molecule has 5 rings (SSSR count). The molecular formula is C29H26ClFN6O4S. The summed E-state index contributed by atoms with van der Waals surface area (Å²) in [4.78, 5) is 31.2. The summed E-state index contributed by atoms with van der Waals surface area (Å²) in [6.07, 6.45) is 1.68. The standard InChI is InChI=1S/C29H26ClFN6O4S/c1-17-10-11-18(14-32-17)37(28(39)41-29(2,3)4)22-13-12-20(26(31)35-22)24(38)21-15-36(27-23(21)25(30)33-16-34-27)42(40)19-8-6-5-7-9-19/h5-16,24,38H,1-4H3. The minimum absolute atomic E-state index is 0.00850. The first-order valence-electron chi connectivity index (χ1n) is 12.7. The predicted molar refractivity (Wildman–Crippen MR) is 156 cm³/mol. The number of hydrogen-bond acceptors (Lipinski definition) is 8. The number of aliphatic hydroxyl groups excluding tert-OH is 1. The highest BCUT2D eigenvalue weighted by molar-refractivity contribution is 7.83. The molecule has 0 aliphatic carbocycles. The van der Waals surface area contributed by atoms with Crippen molar-refractivity contribution < 1.29 is 23.2 Å². The SMILES string of the molecule is Cc1ccc(N(C(=O)OC(C)(C)C)c2ccc(C(O)c3cn(S(=O)c4ccccc4)c4ncnc(Cl)c34)c(F)n2)cn1. The van der Waals surface area contributed by atoms with Gasteiger partial charge in [-0.3, -0.25) is 4.98 Å². The molecule has 13 heteroatoms. The summed E-state index contributed by atoms with van der Waals surface area (Å²) >= 11 is 6.38. The van der Waals surface area contributed by atoms with Gasteiger partial charge in [0.2, 0.25) is 5.95 Å². The number of carbonyl (C=O) groups is 1. The number of benzene rings is 1. The topological polar surface area (TPSA) is 123 Å². The number of nitrogens with zero attached hydrogens (tertiary/aromatic N) is 6. The van der Waals surface area contributed by atoms with Crippen LogP contribution in [-0.2, 0) is 15.7 Å². The Kier molecular flexibility index (Phi) is 8.04. The van der Waals surface area contributed by atoms with Gasteiger partial charge in [0.1, 0.15) is 29.0 Å². The summed E-state index contributed by atoms with van der Waals surface area (Å²) in [7, 11) is -1.75. The average Bonchev–Trinajstić information content (AvgIpc) is 3.34. The number of pyridine rings is 2. The lowest BCUT2D eigenvalue weighted by atomic mass is 10.0. The number of aryl methyl sites for hydroxylation is 1. The van der Waals surface area contributed by atoms with Crippen LogP contribution in [0.4, 0.5) is 20.7 Å². The van der Waals surface area contributed by atoms with Crippen molar-refractivity contribution in [1.82, 2.24) is 23.9 Å². The zero-order valence-corrected chi connectivity index (χ0v) is 24.6. The van der Waals surface area contributed by atoms with Gasteiger partial charge >= 0.3 is 6.09 Å². The first kappa shape index (κ1) is 29.2. The van der Waals surface area contributed by atoms with Gasteiger partial charge in [-0.1, -0.05) is 29.8 Å². The number of amides is 1. The highest BCUT2D eigenvalue weighted by atomic mass is 35.5. The number of fused-ring (bicyclic) bond motifs is 1. The molecule has 0 radical (unpaired) electrons. The van der Waals surface area contributed by atoms with Gasteiger partial charge in [-0.05, 0) is 64.1 Å². The third-order valence-corrected chi connectivity index (χ3v) is 7.67. The molecule has 4 aromatic heterocycles. The monoisotopic (exact) mass is 608 g/mol. The Morgan fingerprint density at radius 2 is 1.81 bits per heavy atom. The quantitative estimate of drug-likeness (QED) is 0.183. The van der Waals surface area contributed by atoms with E-state index in [1.807, 2.05) is 0 Å². The highest BCUT2D eigenvalue weighted by Gasteiger charge is 2.29. The summed E-state index contributed by atoms with van der Waals surface area (Å²) in [6.45, 7) is 6.92. The van der Waals surface area contributed by atoms with Crippen molar-refractivity contribution in [3.8, 4) is 0 Å². The van der Waals surface area contributed by atoms with Crippen LogP contribution in [0.25, 0.3) is 11.0 Å². The lowest BCUT2D eigenvalue weighted by Crippen LogP contribution is -2.34. The van der Waals surface area contributed by atoms with E-state index in [-0.39, 0.29) is 33.1 Å².